The summed E-state index contributed by atoms with van der Waals surface area (Å²) in [5, 5.41) is 9.46. The van der Waals surface area contributed by atoms with Crippen LogP contribution in [-0.4, -0.2) is 17.7 Å². The molecule has 0 heterocycles. The molecule has 1 rings (SSSR count). The molecule has 0 aliphatic carbocycles. The molecule has 0 aromatic heterocycles. The molecule has 194 valence electrons. The summed E-state index contributed by atoms with van der Waals surface area (Å²) < 4.78 is 5.59. The van der Waals surface area contributed by atoms with E-state index in [1.54, 1.807) is 12.1 Å². The Morgan fingerprint density at radius 3 is 1.56 bits per heavy atom. The van der Waals surface area contributed by atoms with Crippen molar-refractivity contribution in [3.63, 3.8) is 0 Å². The van der Waals surface area contributed by atoms with Gasteiger partial charge in [-0.3, -0.25) is 0 Å². The molecule has 0 bridgehead atoms. The zero-order valence-corrected chi connectivity index (χ0v) is 22.7. The van der Waals surface area contributed by atoms with Gasteiger partial charge < -0.3 is 9.84 Å². The van der Waals surface area contributed by atoms with Crippen LogP contribution in [0.25, 0.3) is 6.08 Å². The quantitative estimate of drug-likeness (QED) is 0.124. The lowest BCUT2D eigenvalue weighted by molar-refractivity contribution is -0.140. The Hall–Kier alpha value is -1.77. The maximum atomic E-state index is 12.7. The fraction of sp³-hybridized carbons (Fsp3) is 0.710. The molecule has 0 radical (unpaired) electrons. The van der Waals surface area contributed by atoms with Gasteiger partial charge in [-0.1, -0.05) is 136 Å². The average molecular weight is 473 g/mol. The highest BCUT2D eigenvalue weighted by Gasteiger charge is 2.25. The van der Waals surface area contributed by atoms with Crippen LogP contribution < -0.4 is 0 Å². The lowest BCUT2D eigenvalue weighted by Gasteiger charge is -2.21. The Morgan fingerprint density at radius 1 is 0.735 bits per heavy atom. The first kappa shape index (κ1) is 30.3. The normalized spacial score (nSPS) is 12.2. The molecule has 0 aliphatic rings. The van der Waals surface area contributed by atoms with E-state index >= 15 is 0 Å². The van der Waals surface area contributed by atoms with Crippen molar-refractivity contribution in [1.82, 2.24) is 0 Å². The molecule has 0 amide bonds. The van der Waals surface area contributed by atoms with Gasteiger partial charge in [-0.05, 0) is 35.6 Å². The summed E-state index contributed by atoms with van der Waals surface area (Å²) in [5.74, 6) is -0.0120. The van der Waals surface area contributed by atoms with Crippen molar-refractivity contribution in [3.05, 3.63) is 35.4 Å². The molecule has 0 atom stereocenters. The van der Waals surface area contributed by atoms with E-state index in [9.17, 15) is 9.90 Å². The summed E-state index contributed by atoms with van der Waals surface area (Å²) in [5.41, 5.74) is 1.25. The van der Waals surface area contributed by atoms with E-state index in [4.69, 9.17) is 4.74 Å². The summed E-state index contributed by atoms with van der Waals surface area (Å²) in [6.45, 7) is 8.83. The van der Waals surface area contributed by atoms with Crippen molar-refractivity contribution in [2.75, 3.05) is 6.61 Å². The smallest absolute Gasteiger partial charge is 0.334 e. The number of aromatic hydroxyl groups is 1. The predicted molar refractivity (Wildman–Crippen MR) is 146 cm³/mol. The lowest BCUT2D eigenvalue weighted by Crippen LogP contribution is -2.20. The van der Waals surface area contributed by atoms with Crippen molar-refractivity contribution < 1.29 is 14.6 Å². The highest BCUT2D eigenvalue weighted by Crippen LogP contribution is 2.29. The van der Waals surface area contributed by atoms with Crippen molar-refractivity contribution in [2.24, 2.45) is 5.41 Å². The summed E-state index contributed by atoms with van der Waals surface area (Å²) in [7, 11) is 0. The number of rotatable bonds is 19. The number of benzene rings is 1. The second-order valence-electron chi connectivity index (χ2n) is 10.8. The molecule has 0 saturated heterocycles. The Kier molecular flexibility index (Phi) is 16.5. The van der Waals surface area contributed by atoms with Crippen molar-refractivity contribution in [1.29, 1.82) is 0 Å². The van der Waals surface area contributed by atoms with Crippen molar-refractivity contribution in [2.45, 2.75) is 130 Å². The van der Waals surface area contributed by atoms with E-state index in [1.807, 2.05) is 39.0 Å². The van der Waals surface area contributed by atoms with E-state index in [2.05, 4.69) is 6.92 Å². The Morgan fingerprint density at radius 2 is 1.15 bits per heavy atom. The Bertz CT molecular complexity index is 667. The average Bonchev–Trinajstić information content (AvgIpc) is 2.79. The molecule has 0 saturated carbocycles. The van der Waals surface area contributed by atoms with Crippen LogP contribution in [-0.2, 0) is 9.53 Å². The summed E-state index contributed by atoms with van der Waals surface area (Å²) >= 11 is 0. The van der Waals surface area contributed by atoms with E-state index in [0.717, 1.165) is 18.4 Å². The second kappa shape index (κ2) is 18.5. The maximum Gasteiger partial charge on any atom is 0.334 e. The van der Waals surface area contributed by atoms with Gasteiger partial charge in [0.15, 0.2) is 0 Å². The van der Waals surface area contributed by atoms with Crippen LogP contribution in [0.4, 0.5) is 0 Å². The lowest BCUT2D eigenvalue weighted by atomic mass is 9.85. The van der Waals surface area contributed by atoms with Gasteiger partial charge >= 0.3 is 5.97 Å². The van der Waals surface area contributed by atoms with Gasteiger partial charge in [0.25, 0.3) is 0 Å². The largest absolute Gasteiger partial charge is 0.508 e. The Balaban J connectivity index is 2.06. The molecule has 0 unspecified atom stereocenters. The molecule has 1 aromatic carbocycles. The molecule has 1 aromatic rings. The zero-order valence-electron chi connectivity index (χ0n) is 22.7. The minimum atomic E-state index is -0.302. The molecule has 3 nitrogen and oxygen atoms in total. The van der Waals surface area contributed by atoms with Gasteiger partial charge in [0, 0.05) is 5.57 Å². The minimum absolute atomic E-state index is 0.223. The molecular formula is C31H52O3. The topological polar surface area (TPSA) is 46.5 Å². The second-order valence-corrected chi connectivity index (χ2v) is 10.8. The zero-order chi connectivity index (χ0) is 25.1. The highest BCUT2D eigenvalue weighted by molar-refractivity contribution is 5.95. The highest BCUT2D eigenvalue weighted by atomic mass is 16.5. The standard InChI is InChI=1S/C31H52O3/c1-5-6-7-8-9-10-11-12-13-14-15-16-17-18-19-20-25-34-30(33)29(31(2,3)4)26-27-21-23-28(32)24-22-27/h21-24,26,32H,5-20,25H2,1-4H3. The first-order valence-corrected chi connectivity index (χ1v) is 14.0. The maximum absolute atomic E-state index is 12.7. The number of unbranched alkanes of at least 4 members (excludes halogenated alkanes) is 15. The Labute approximate surface area is 210 Å². The summed E-state index contributed by atoms with van der Waals surface area (Å²) in [6, 6.07) is 6.88. The number of phenolic OH excluding ortho intramolecular Hbond substituents is 1. The third kappa shape index (κ3) is 15.2. The molecule has 1 N–H and O–H groups in total. The number of hydrogen-bond donors (Lipinski definition) is 1. The number of ether oxygens (including phenoxy) is 1. The fourth-order valence-electron chi connectivity index (χ4n) is 4.21. The van der Waals surface area contributed by atoms with Crippen LogP contribution in [0.15, 0.2) is 29.8 Å². The number of carbonyl (C=O) groups excluding carboxylic acids is 1. The van der Waals surface area contributed by atoms with Crippen molar-refractivity contribution in [3.8, 4) is 5.75 Å². The van der Waals surface area contributed by atoms with Gasteiger partial charge in [-0.15, -0.1) is 0 Å². The van der Waals surface area contributed by atoms with Crippen LogP contribution in [0.3, 0.4) is 0 Å². The number of phenols is 1. The first-order chi connectivity index (χ1) is 16.3. The van der Waals surface area contributed by atoms with Crippen LogP contribution in [0.1, 0.15) is 136 Å². The monoisotopic (exact) mass is 472 g/mol. The van der Waals surface area contributed by atoms with Gasteiger partial charge in [0.05, 0.1) is 6.61 Å². The summed E-state index contributed by atoms with van der Waals surface area (Å²) in [4.78, 5) is 12.7. The molecule has 34 heavy (non-hydrogen) atoms. The van der Waals surface area contributed by atoms with Crippen LogP contribution >= 0.6 is 0 Å². The van der Waals surface area contributed by atoms with E-state index in [0.29, 0.717) is 12.2 Å². The molecule has 0 aliphatic heterocycles. The van der Waals surface area contributed by atoms with Crippen LogP contribution in [0.2, 0.25) is 0 Å². The number of hydrogen-bond acceptors (Lipinski definition) is 3. The van der Waals surface area contributed by atoms with E-state index in [1.165, 1.54) is 89.9 Å². The predicted octanol–water partition coefficient (Wildman–Crippen LogP) is 9.63. The van der Waals surface area contributed by atoms with Gasteiger partial charge in [0.2, 0.25) is 0 Å². The van der Waals surface area contributed by atoms with Crippen LogP contribution in [0.5, 0.6) is 5.75 Å². The van der Waals surface area contributed by atoms with Gasteiger partial charge in [-0.2, -0.15) is 0 Å². The van der Waals surface area contributed by atoms with Crippen molar-refractivity contribution >= 4 is 12.0 Å². The van der Waals surface area contributed by atoms with Gasteiger partial charge in [-0.25, -0.2) is 4.79 Å². The fourth-order valence-corrected chi connectivity index (χ4v) is 4.21. The molecular weight excluding hydrogens is 420 g/mol. The minimum Gasteiger partial charge on any atom is -0.508 e. The van der Waals surface area contributed by atoms with E-state index < -0.39 is 0 Å². The number of carbonyl (C=O) groups is 1. The first-order valence-electron chi connectivity index (χ1n) is 14.0. The molecule has 0 fully saturated rings. The van der Waals surface area contributed by atoms with Crippen LogP contribution in [0, 0.1) is 5.41 Å². The third-order valence-corrected chi connectivity index (χ3v) is 6.46. The number of esters is 1. The SMILES string of the molecule is CCCCCCCCCCCCCCCCCCOC(=O)C(=Cc1ccc(O)cc1)C(C)(C)C. The van der Waals surface area contributed by atoms with E-state index in [-0.39, 0.29) is 17.1 Å². The molecule has 3 heteroatoms. The van der Waals surface area contributed by atoms with Gasteiger partial charge in [0.1, 0.15) is 5.75 Å². The third-order valence-electron chi connectivity index (χ3n) is 6.46. The summed E-state index contributed by atoms with van der Waals surface area (Å²) in [6.07, 6.45) is 23.2. The molecule has 0 spiro atoms.